The van der Waals surface area contributed by atoms with Gasteiger partial charge in [0.15, 0.2) is 5.78 Å². The second-order valence-electron chi connectivity index (χ2n) is 9.17. The van der Waals surface area contributed by atoms with Crippen LogP contribution in [0, 0.1) is 0 Å². The second kappa shape index (κ2) is 10.7. The molecule has 0 saturated heterocycles. The van der Waals surface area contributed by atoms with Gasteiger partial charge in [0, 0.05) is 36.5 Å². The first-order chi connectivity index (χ1) is 18.0. The van der Waals surface area contributed by atoms with E-state index >= 15 is 0 Å². The van der Waals surface area contributed by atoms with Crippen molar-refractivity contribution in [3.05, 3.63) is 129 Å². The summed E-state index contributed by atoms with van der Waals surface area (Å²) >= 11 is 0. The third kappa shape index (κ3) is 5.09. The number of Topliss-reactive ketones (excluding diaryl/α,β-unsaturated/α-hetero) is 1. The lowest BCUT2D eigenvalue weighted by molar-refractivity contribution is 0.0727. The molecule has 1 aliphatic rings. The predicted octanol–water partition coefficient (Wildman–Crippen LogP) is 5.21. The van der Waals surface area contributed by atoms with Crippen LogP contribution >= 0.6 is 0 Å². The largest absolute Gasteiger partial charge is 0.497 e. The number of ether oxygens (including phenoxy) is 1. The lowest BCUT2D eigenvalue weighted by Gasteiger charge is -2.26. The molecule has 1 aliphatic carbocycles. The molecule has 0 bridgehead atoms. The number of hydrogen-bond acceptors (Lipinski definition) is 4. The number of nitrogens with zero attached hydrogens (tertiary/aromatic N) is 2. The molecule has 0 radical (unpaired) electrons. The molecule has 4 aromatic rings. The molecule has 0 atom stereocenters. The van der Waals surface area contributed by atoms with Crippen LogP contribution in [0.1, 0.15) is 50.4 Å². The highest BCUT2D eigenvalue weighted by molar-refractivity contribution is 6.02. The van der Waals surface area contributed by atoms with E-state index in [-0.39, 0.29) is 11.3 Å². The summed E-state index contributed by atoms with van der Waals surface area (Å²) in [6.07, 6.45) is 1.66. The van der Waals surface area contributed by atoms with Crippen molar-refractivity contribution in [1.82, 2.24) is 9.47 Å². The number of carbonyl (C=O) groups excluding carboxylic acids is 2. The van der Waals surface area contributed by atoms with Gasteiger partial charge in [-0.15, -0.1) is 0 Å². The highest BCUT2D eigenvalue weighted by Crippen LogP contribution is 2.25. The van der Waals surface area contributed by atoms with Crippen LogP contribution < -0.4 is 10.3 Å². The maximum atomic E-state index is 14.0. The Labute approximate surface area is 215 Å². The summed E-state index contributed by atoms with van der Waals surface area (Å²) in [6, 6.07) is 28.0. The molecule has 186 valence electrons. The van der Waals surface area contributed by atoms with Gasteiger partial charge in [0.1, 0.15) is 11.3 Å². The van der Waals surface area contributed by atoms with Crippen LogP contribution in [0.2, 0.25) is 0 Å². The molecule has 1 heterocycles. The van der Waals surface area contributed by atoms with Gasteiger partial charge in [-0.3, -0.25) is 19.0 Å². The van der Waals surface area contributed by atoms with E-state index in [0.29, 0.717) is 55.0 Å². The summed E-state index contributed by atoms with van der Waals surface area (Å²) in [5, 5.41) is 0. The lowest BCUT2D eigenvalue weighted by Crippen LogP contribution is -2.38. The number of rotatable bonds is 7. The number of benzene rings is 3. The minimum absolute atomic E-state index is 0.00307. The monoisotopic (exact) mass is 492 g/mol. The van der Waals surface area contributed by atoms with Crippen molar-refractivity contribution >= 4 is 11.7 Å². The molecule has 1 amide bonds. The summed E-state index contributed by atoms with van der Waals surface area (Å²) in [7, 11) is 1.58. The van der Waals surface area contributed by atoms with Gasteiger partial charge in [0.2, 0.25) is 0 Å². The molecule has 5 rings (SSSR count). The maximum Gasteiger partial charge on any atom is 0.268 e. The SMILES string of the molecule is COc1ccc(-n2c3c(cc(C(=O)N(Cc4ccccc4)Cc4ccccc4)c2=O)C(=O)CCC3)cc1. The number of methoxy groups -OCH3 is 1. The molecular weight excluding hydrogens is 464 g/mol. The first-order valence-electron chi connectivity index (χ1n) is 12.4. The van der Waals surface area contributed by atoms with Gasteiger partial charge >= 0.3 is 0 Å². The number of carbonyl (C=O) groups is 2. The number of fused-ring (bicyclic) bond motifs is 1. The molecular formula is C31H28N2O4. The summed E-state index contributed by atoms with van der Waals surface area (Å²) < 4.78 is 6.80. The van der Waals surface area contributed by atoms with E-state index in [9.17, 15) is 14.4 Å². The number of amides is 1. The zero-order valence-corrected chi connectivity index (χ0v) is 20.7. The highest BCUT2D eigenvalue weighted by Gasteiger charge is 2.28. The highest BCUT2D eigenvalue weighted by atomic mass is 16.5. The van der Waals surface area contributed by atoms with Crippen molar-refractivity contribution in [3.8, 4) is 11.4 Å². The van der Waals surface area contributed by atoms with Crippen molar-refractivity contribution in [2.24, 2.45) is 0 Å². The van der Waals surface area contributed by atoms with Gasteiger partial charge in [-0.25, -0.2) is 0 Å². The van der Waals surface area contributed by atoms with E-state index in [1.165, 1.54) is 10.6 Å². The summed E-state index contributed by atoms with van der Waals surface area (Å²) in [4.78, 5) is 42.6. The van der Waals surface area contributed by atoms with Crippen LogP contribution in [-0.2, 0) is 19.5 Å². The summed E-state index contributed by atoms with van der Waals surface area (Å²) in [6.45, 7) is 0.670. The Bertz CT molecular complexity index is 1430. The topological polar surface area (TPSA) is 68.6 Å². The third-order valence-corrected chi connectivity index (χ3v) is 6.70. The molecule has 0 unspecified atom stereocenters. The fourth-order valence-electron chi connectivity index (χ4n) is 4.83. The minimum atomic E-state index is -0.422. The lowest BCUT2D eigenvalue weighted by atomic mass is 9.92. The fourth-order valence-corrected chi connectivity index (χ4v) is 4.83. The first kappa shape index (κ1) is 24.3. The average Bonchev–Trinajstić information content (AvgIpc) is 2.93. The Balaban J connectivity index is 1.63. The van der Waals surface area contributed by atoms with Gasteiger partial charge in [0.25, 0.3) is 11.5 Å². The van der Waals surface area contributed by atoms with Crippen molar-refractivity contribution in [2.75, 3.05) is 7.11 Å². The van der Waals surface area contributed by atoms with Gasteiger partial charge in [-0.1, -0.05) is 60.7 Å². The molecule has 6 nitrogen and oxygen atoms in total. The smallest absolute Gasteiger partial charge is 0.268 e. The van der Waals surface area contributed by atoms with Crippen molar-refractivity contribution < 1.29 is 14.3 Å². The van der Waals surface area contributed by atoms with Crippen LogP contribution in [0.25, 0.3) is 5.69 Å². The van der Waals surface area contributed by atoms with Crippen LogP contribution in [-0.4, -0.2) is 28.3 Å². The van der Waals surface area contributed by atoms with E-state index < -0.39 is 11.5 Å². The van der Waals surface area contributed by atoms with Crippen molar-refractivity contribution in [1.29, 1.82) is 0 Å². The molecule has 0 aliphatic heterocycles. The minimum Gasteiger partial charge on any atom is -0.497 e. The van der Waals surface area contributed by atoms with Crippen molar-refractivity contribution in [3.63, 3.8) is 0 Å². The Morgan fingerprint density at radius 1 is 0.838 bits per heavy atom. The van der Waals surface area contributed by atoms with Crippen LogP contribution in [0.3, 0.4) is 0 Å². The van der Waals surface area contributed by atoms with Gasteiger partial charge in [-0.05, 0) is 54.3 Å². The van der Waals surface area contributed by atoms with E-state index in [1.54, 1.807) is 36.3 Å². The molecule has 0 fully saturated rings. The number of hydrogen-bond donors (Lipinski definition) is 0. The standard InChI is InChI=1S/C31H28N2O4/c1-37-25-17-15-24(16-18-25)33-28-13-8-14-29(34)26(28)19-27(31(33)36)30(35)32(20-22-9-4-2-5-10-22)21-23-11-6-3-7-12-23/h2-7,9-12,15-19H,8,13-14,20-21H2,1H3. The van der Waals surface area contributed by atoms with Gasteiger partial charge in [0.05, 0.1) is 7.11 Å². The zero-order chi connectivity index (χ0) is 25.8. The van der Waals surface area contributed by atoms with Crippen molar-refractivity contribution in [2.45, 2.75) is 32.4 Å². The van der Waals surface area contributed by atoms with E-state index in [1.807, 2.05) is 60.7 Å². The van der Waals surface area contributed by atoms with E-state index in [2.05, 4.69) is 0 Å². The fraction of sp³-hybridized carbons (Fsp3) is 0.194. The molecule has 0 N–H and O–H groups in total. The maximum absolute atomic E-state index is 14.0. The molecule has 0 spiro atoms. The predicted molar refractivity (Wildman–Crippen MR) is 142 cm³/mol. The van der Waals surface area contributed by atoms with E-state index in [0.717, 1.165) is 11.1 Å². The van der Waals surface area contributed by atoms with Gasteiger partial charge < -0.3 is 9.64 Å². The molecule has 3 aromatic carbocycles. The summed E-state index contributed by atoms with van der Waals surface area (Å²) in [5.41, 5.74) is 3.19. The number of aromatic nitrogens is 1. The molecule has 1 aromatic heterocycles. The quantitative estimate of drug-likeness (QED) is 0.355. The Kier molecular flexibility index (Phi) is 6.99. The zero-order valence-electron chi connectivity index (χ0n) is 20.7. The van der Waals surface area contributed by atoms with Crippen LogP contribution in [0.15, 0.2) is 95.8 Å². The van der Waals surface area contributed by atoms with Gasteiger partial charge in [-0.2, -0.15) is 0 Å². The molecule has 0 saturated carbocycles. The number of pyridine rings is 1. The Morgan fingerprint density at radius 2 is 1.43 bits per heavy atom. The normalized spacial score (nSPS) is 12.6. The Hall–Kier alpha value is -4.45. The molecule has 37 heavy (non-hydrogen) atoms. The second-order valence-corrected chi connectivity index (χ2v) is 9.17. The first-order valence-corrected chi connectivity index (χ1v) is 12.4. The average molecular weight is 493 g/mol. The molecule has 6 heteroatoms. The van der Waals surface area contributed by atoms with Crippen LogP contribution in [0.5, 0.6) is 5.75 Å². The number of ketones is 1. The third-order valence-electron chi connectivity index (χ3n) is 6.70. The van der Waals surface area contributed by atoms with Crippen LogP contribution in [0.4, 0.5) is 0 Å². The van der Waals surface area contributed by atoms with E-state index in [4.69, 9.17) is 4.74 Å². The Morgan fingerprint density at radius 3 is 2.00 bits per heavy atom. The summed E-state index contributed by atoms with van der Waals surface area (Å²) in [5.74, 6) is 0.210.